The van der Waals surface area contributed by atoms with E-state index in [1.807, 2.05) is 43.3 Å². The number of carbonyl (C=O) groups is 1. The SMILES string of the molecule is CCOc1ncccc1-c1ccc(C2(C(=O)N[C@@H]3CCN(C)C3)CCN(c3ccc(C(F)(F)F)cc3C)CC2)cc1. The minimum Gasteiger partial charge on any atom is -0.478 e. The summed E-state index contributed by atoms with van der Waals surface area (Å²) in [5.41, 5.74) is 2.75. The van der Waals surface area contributed by atoms with Crippen molar-refractivity contribution in [1.29, 1.82) is 0 Å². The van der Waals surface area contributed by atoms with E-state index >= 15 is 0 Å². The molecule has 0 saturated carbocycles. The number of likely N-dealkylation sites (N-methyl/N-ethyl adjacent to an activating group) is 1. The molecule has 6 nitrogen and oxygen atoms in total. The van der Waals surface area contributed by atoms with Crippen LogP contribution in [0.4, 0.5) is 18.9 Å². The van der Waals surface area contributed by atoms with Gasteiger partial charge in [0.15, 0.2) is 0 Å². The number of rotatable bonds is 7. The first kappa shape index (κ1) is 28.9. The summed E-state index contributed by atoms with van der Waals surface area (Å²) in [7, 11) is 2.06. The van der Waals surface area contributed by atoms with Crippen molar-refractivity contribution in [1.82, 2.24) is 15.2 Å². The van der Waals surface area contributed by atoms with E-state index in [0.717, 1.165) is 48.0 Å². The molecule has 5 rings (SSSR count). The van der Waals surface area contributed by atoms with Crippen LogP contribution < -0.4 is 15.0 Å². The Morgan fingerprint density at radius 1 is 1.10 bits per heavy atom. The first-order valence-electron chi connectivity index (χ1n) is 14.2. The zero-order chi connectivity index (χ0) is 29.2. The van der Waals surface area contributed by atoms with Gasteiger partial charge in [0.2, 0.25) is 11.8 Å². The number of pyridine rings is 1. The van der Waals surface area contributed by atoms with E-state index in [2.05, 4.69) is 27.1 Å². The van der Waals surface area contributed by atoms with Gasteiger partial charge in [0.25, 0.3) is 0 Å². The van der Waals surface area contributed by atoms with Crippen molar-refractivity contribution in [3.63, 3.8) is 0 Å². The van der Waals surface area contributed by atoms with Crippen molar-refractivity contribution >= 4 is 11.6 Å². The summed E-state index contributed by atoms with van der Waals surface area (Å²) in [6.45, 7) is 7.02. The third kappa shape index (κ3) is 6.05. The standard InChI is InChI=1S/C32H37F3N4O2/c1-4-41-29-27(6-5-16-36-29)23-7-9-24(10-8-23)31(30(40)37-26-13-17-38(3)21-26)14-18-39(19-15-31)28-12-11-25(20-22(28)2)32(33,34)35/h5-12,16,20,26H,4,13-15,17-19,21H2,1-3H3,(H,37,40)/t26-/m1/s1. The normalized spacial score (nSPS) is 19.3. The van der Waals surface area contributed by atoms with Crippen LogP contribution in [0.15, 0.2) is 60.8 Å². The second-order valence-electron chi connectivity index (χ2n) is 11.2. The van der Waals surface area contributed by atoms with E-state index in [9.17, 15) is 18.0 Å². The molecule has 218 valence electrons. The highest BCUT2D eigenvalue weighted by Gasteiger charge is 2.44. The number of carbonyl (C=O) groups excluding carboxylic acids is 1. The van der Waals surface area contributed by atoms with E-state index in [1.165, 1.54) is 6.07 Å². The number of aryl methyl sites for hydroxylation is 1. The predicted molar refractivity (Wildman–Crippen MR) is 154 cm³/mol. The van der Waals surface area contributed by atoms with Crippen LogP contribution in [0, 0.1) is 6.92 Å². The number of nitrogens with zero attached hydrogens (tertiary/aromatic N) is 3. The Morgan fingerprint density at radius 3 is 2.44 bits per heavy atom. The molecule has 1 aromatic heterocycles. The van der Waals surface area contributed by atoms with Crippen LogP contribution >= 0.6 is 0 Å². The van der Waals surface area contributed by atoms with Crippen molar-refractivity contribution in [2.75, 3.05) is 44.7 Å². The Hall–Kier alpha value is -3.59. The van der Waals surface area contributed by atoms with Crippen LogP contribution in [0.1, 0.15) is 42.9 Å². The summed E-state index contributed by atoms with van der Waals surface area (Å²) in [4.78, 5) is 22.7. The van der Waals surface area contributed by atoms with Gasteiger partial charge in [0, 0.05) is 43.1 Å². The Balaban J connectivity index is 1.42. The topological polar surface area (TPSA) is 57.7 Å². The quantitative estimate of drug-likeness (QED) is 0.390. The first-order chi connectivity index (χ1) is 19.6. The Kier molecular flexibility index (Phi) is 8.27. The van der Waals surface area contributed by atoms with Crippen LogP contribution in [-0.2, 0) is 16.4 Å². The van der Waals surface area contributed by atoms with Gasteiger partial charge in [-0.15, -0.1) is 0 Å². The van der Waals surface area contributed by atoms with E-state index in [4.69, 9.17) is 4.74 Å². The summed E-state index contributed by atoms with van der Waals surface area (Å²) in [6, 6.07) is 15.9. The number of ether oxygens (including phenoxy) is 1. The van der Waals surface area contributed by atoms with Gasteiger partial charge in [0.1, 0.15) is 0 Å². The number of halogens is 3. The number of alkyl halides is 3. The number of hydrogen-bond donors (Lipinski definition) is 1. The van der Waals surface area contributed by atoms with Gasteiger partial charge in [-0.3, -0.25) is 4.79 Å². The van der Waals surface area contributed by atoms with Crippen molar-refractivity contribution < 1.29 is 22.7 Å². The molecular formula is C32H37F3N4O2. The van der Waals surface area contributed by atoms with Crippen molar-refractivity contribution in [3.8, 4) is 17.0 Å². The Labute approximate surface area is 239 Å². The monoisotopic (exact) mass is 566 g/mol. The highest BCUT2D eigenvalue weighted by atomic mass is 19.4. The molecule has 2 aliphatic rings. The van der Waals surface area contributed by atoms with Crippen LogP contribution in [0.2, 0.25) is 0 Å². The predicted octanol–water partition coefficient (Wildman–Crippen LogP) is 5.83. The Bertz CT molecular complexity index is 1370. The molecule has 41 heavy (non-hydrogen) atoms. The third-order valence-electron chi connectivity index (χ3n) is 8.44. The third-order valence-corrected chi connectivity index (χ3v) is 8.44. The fraction of sp³-hybridized carbons (Fsp3) is 0.438. The number of amides is 1. The smallest absolute Gasteiger partial charge is 0.416 e. The van der Waals surface area contributed by atoms with Crippen molar-refractivity contribution in [2.45, 2.75) is 50.7 Å². The lowest BCUT2D eigenvalue weighted by atomic mass is 9.71. The molecule has 1 amide bonds. The van der Waals surface area contributed by atoms with Crippen molar-refractivity contribution in [2.24, 2.45) is 0 Å². The average molecular weight is 567 g/mol. The van der Waals surface area contributed by atoms with Crippen LogP contribution in [0.3, 0.4) is 0 Å². The molecule has 1 atom stereocenters. The van der Waals surface area contributed by atoms with Gasteiger partial charge in [-0.2, -0.15) is 13.2 Å². The van der Waals surface area contributed by atoms with E-state index in [-0.39, 0.29) is 11.9 Å². The van der Waals surface area contributed by atoms with Gasteiger partial charge in [-0.05, 0) is 93.7 Å². The number of benzene rings is 2. The molecule has 2 aromatic carbocycles. The second kappa shape index (κ2) is 11.7. The molecule has 3 aromatic rings. The average Bonchev–Trinajstić information content (AvgIpc) is 3.37. The van der Waals surface area contributed by atoms with Gasteiger partial charge in [-0.25, -0.2) is 4.98 Å². The highest BCUT2D eigenvalue weighted by Crippen LogP contribution is 2.40. The van der Waals surface area contributed by atoms with Crippen LogP contribution in [0.5, 0.6) is 5.88 Å². The van der Waals surface area contributed by atoms with Gasteiger partial charge < -0.3 is 19.9 Å². The molecular weight excluding hydrogens is 529 g/mol. The molecule has 9 heteroatoms. The number of nitrogens with one attached hydrogen (secondary N) is 1. The fourth-order valence-corrected chi connectivity index (χ4v) is 6.17. The molecule has 0 spiro atoms. The molecule has 2 saturated heterocycles. The second-order valence-corrected chi connectivity index (χ2v) is 11.2. The lowest BCUT2D eigenvalue weighted by molar-refractivity contribution is -0.137. The molecule has 0 radical (unpaired) electrons. The summed E-state index contributed by atoms with van der Waals surface area (Å²) in [5.74, 6) is 0.589. The highest BCUT2D eigenvalue weighted by molar-refractivity contribution is 5.89. The fourth-order valence-electron chi connectivity index (χ4n) is 6.17. The zero-order valence-corrected chi connectivity index (χ0v) is 23.8. The van der Waals surface area contributed by atoms with E-state index in [1.54, 1.807) is 19.2 Å². The van der Waals surface area contributed by atoms with Crippen LogP contribution in [0.25, 0.3) is 11.1 Å². The van der Waals surface area contributed by atoms with E-state index in [0.29, 0.717) is 44.0 Å². The van der Waals surface area contributed by atoms with E-state index < -0.39 is 17.2 Å². The minimum atomic E-state index is -4.38. The largest absolute Gasteiger partial charge is 0.478 e. The van der Waals surface area contributed by atoms with Gasteiger partial charge in [-0.1, -0.05) is 24.3 Å². The minimum absolute atomic E-state index is 0.0192. The number of anilines is 1. The maximum absolute atomic E-state index is 14.0. The maximum Gasteiger partial charge on any atom is 0.416 e. The number of aromatic nitrogens is 1. The zero-order valence-electron chi connectivity index (χ0n) is 23.8. The summed E-state index contributed by atoms with van der Waals surface area (Å²) >= 11 is 0. The first-order valence-corrected chi connectivity index (χ1v) is 14.2. The maximum atomic E-state index is 14.0. The molecule has 0 bridgehead atoms. The summed E-state index contributed by atoms with van der Waals surface area (Å²) in [5, 5.41) is 3.33. The lowest BCUT2D eigenvalue weighted by Crippen LogP contribution is -2.54. The molecule has 3 heterocycles. The summed E-state index contributed by atoms with van der Waals surface area (Å²) < 4.78 is 45.4. The molecule has 1 N–H and O–H groups in total. The summed E-state index contributed by atoms with van der Waals surface area (Å²) in [6.07, 6.45) is -0.654. The van der Waals surface area contributed by atoms with Crippen LogP contribution in [-0.4, -0.2) is 61.7 Å². The lowest BCUT2D eigenvalue weighted by Gasteiger charge is -2.43. The number of likely N-dealkylation sites (tertiary alicyclic amines) is 1. The Morgan fingerprint density at radius 2 is 1.83 bits per heavy atom. The van der Waals surface area contributed by atoms with Gasteiger partial charge in [0.05, 0.1) is 17.6 Å². The number of piperidine rings is 1. The molecule has 2 aliphatic heterocycles. The molecule has 0 unspecified atom stereocenters. The van der Waals surface area contributed by atoms with Gasteiger partial charge >= 0.3 is 6.18 Å². The number of hydrogen-bond acceptors (Lipinski definition) is 5. The molecule has 2 fully saturated rings. The molecule has 0 aliphatic carbocycles. The van der Waals surface area contributed by atoms with Crippen molar-refractivity contribution in [3.05, 3.63) is 77.5 Å².